The predicted octanol–water partition coefficient (Wildman–Crippen LogP) is 3.65. The number of hydrogen-bond acceptors (Lipinski definition) is 4. The zero-order valence-corrected chi connectivity index (χ0v) is 15.6. The van der Waals surface area contributed by atoms with Gasteiger partial charge >= 0.3 is 5.97 Å². The lowest BCUT2D eigenvalue weighted by Crippen LogP contribution is -2.30. The van der Waals surface area contributed by atoms with Gasteiger partial charge in [0.05, 0.1) is 13.0 Å². The first-order valence-corrected chi connectivity index (χ1v) is 9.29. The lowest BCUT2D eigenvalue weighted by atomic mass is 10.1. The van der Waals surface area contributed by atoms with Crippen LogP contribution in [-0.2, 0) is 19.1 Å². The van der Waals surface area contributed by atoms with E-state index >= 15 is 0 Å². The molecule has 2 rings (SSSR count). The van der Waals surface area contributed by atoms with Gasteiger partial charge in [0, 0.05) is 18.5 Å². The van der Waals surface area contributed by atoms with Crippen molar-refractivity contribution in [2.45, 2.75) is 52.4 Å². The average Bonchev–Trinajstić information content (AvgIpc) is 2.87. The molecule has 0 atom stereocenters. The number of amides is 2. The fraction of sp³-hybridized carbons (Fsp3) is 0.476. The summed E-state index contributed by atoms with van der Waals surface area (Å²) in [6.07, 6.45) is 5.72. The van der Waals surface area contributed by atoms with Crippen molar-refractivity contribution in [1.29, 1.82) is 0 Å². The maximum Gasteiger partial charge on any atom is 0.305 e. The Balaban J connectivity index is 1.76. The third kappa shape index (κ3) is 5.83. The van der Waals surface area contributed by atoms with Crippen molar-refractivity contribution in [3.63, 3.8) is 0 Å². The molecule has 5 nitrogen and oxygen atoms in total. The summed E-state index contributed by atoms with van der Waals surface area (Å²) in [5, 5.41) is 0. The topological polar surface area (TPSA) is 63.7 Å². The second kappa shape index (κ2) is 9.90. The number of esters is 1. The highest BCUT2D eigenvalue weighted by Gasteiger charge is 2.32. The maximum atomic E-state index is 12.4. The van der Waals surface area contributed by atoms with Crippen LogP contribution in [0.1, 0.15) is 56.6 Å². The van der Waals surface area contributed by atoms with E-state index in [2.05, 4.69) is 0 Å². The van der Waals surface area contributed by atoms with Crippen molar-refractivity contribution in [1.82, 2.24) is 4.90 Å². The molecule has 2 amide bonds. The molecule has 0 aromatic heterocycles. The van der Waals surface area contributed by atoms with E-state index in [-0.39, 0.29) is 24.2 Å². The monoisotopic (exact) mass is 357 g/mol. The largest absolute Gasteiger partial charge is 0.466 e. The van der Waals surface area contributed by atoms with E-state index in [0.717, 1.165) is 36.8 Å². The number of rotatable bonds is 9. The molecule has 1 fully saturated rings. The molecule has 1 aliphatic heterocycles. The Kier molecular flexibility index (Phi) is 7.57. The highest BCUT2D eigenvalue weighted by Crippen LogP contribution is 2.22. The molecule has 0 saturated carbocycles. The average molecular weight is 357 g/mol. The first kappa shape index (κ1) is 19.9. The zero-order chi connectivity index (χ0) is 18.9. The summed E-state index contributed by atoms with van der Waals surface area (Å²) >= 11 is 0. The predicted molar refractivity (Wildman–Crippen MR) is 100 cm³/mol. The lowest BCUT2D eigenvalue weighted by molar-refractivity contribution is -0.143. The van der Waals surface area contributed by atoms with E-state index in [1.54, 1.807) is 13.0 Å². The van der Waals surface area contributed by atoms with Gasteiger partial charge in [-0.2, -0.15) is 0 Å². The first-order valence-electron chi connectivity index (χ1n) is 9.29. The number of hydrogen-bond donors (Lipinski definition) is 0. The number of unbranched alkanes of at least 4 members (excludes halogenated alkanes) is 3. The standard InChI is InChI=1S/C21H27NO4/c1-3-26-20(24)8-6-4-5-7-13-22-19(23)15-18(21(22)25)14-17-11-9-16(2)10-12-17/h9-12,14H,3-8,13,15H2,1-2H3/b18-14+. The Labute approximate surface area is 155 Å². The number of ether oxygens (including phenoxy) is 1. The molecule has 0 radical (unpaired) electrons. The van der Waals surface area contributed by atoms with Gasteiger partial charge in [0.25, 0.3) is 5.91 Å². The van der Waals surface area contributed by atoms with Crippen LogP contribution in [-0.4, -0.2) is 35.8 Å². The van der Waals surface area contributed by atoms with Gasteiger partial charge in [-0.3, -0.25) is 19.3 Å². The Bertz CT molecular complexity index is 676. The summed E-state index contributed by atoms with van der Waals surface area (Å²) in [4.78, 5) is 37.2. The van der Waals surface area contributed by atoms with Crippen molar-refractivity contribution in [3.05, 3.63) is 41.0 Å². The minimum Gasteiger partial charge on any atom is -0.466 e. The SMILES string of the molecule is CCOC(=O)CCCCCCN1C(=O)C/C(=C\c2ccc(C)cc2)C1=O. The number of likely N-dealkylation sites (tertiary alicyclic amines) is 1. The van der Waals surface area contributed by atoms with E-state index in [0.29, 0.717) is 25.1 Å². The number of imide groups is 1. The minimum atomic E-state index is -0.179. The van der Waals surface area contributed by atoms with Crippen LogP contribution in [0.2, 0.25) is 0 Å². The number of carbonyl (C=O) groups is 3. The van der Waals surface area contributed by atoms with E-state index in [1.165, 1.54) is 4.90 Å². The van der Waals surface area contributed by atoms with Crippen LogP contribution in [0.4, 0.5) is 0 Å². The molecule has 1 heterocycles. The highest BCUT2D eigenvalue weighted by atomic mass is 16.5. The van der Waals surface area contributed by atoms with Gasteiger partial charge in [-0.1, -0.05) is 42.7 Å². The summed E-state index contributed by atoms with van der Waals surface area (Å²) in [5.41, 5.74) is 2.65. The Morgan fingerprint density at radius 2 is 1.81 bits per heavy atom. The number of aryl methyl sites for hydroxylation is 1. The number of benzene rings is 1. The molecule has 5 heteroatoms. The van der Waals surface area contributed by atoms with Crippen LogP contribution in [0.3, 0.4) is 0 Å². The Morgan fingerprint density at radius 3 is 2.50 bits per heavy atom. The second-order valence-corrected chi connectivity index (χ2v) is 6.58. The van der Waals surface area contributed by atoms with Gasteiger partial charge in [0.1, 0.15) is 0 Å². The molecule has 1 aromatic rings. The van der Waals surface area contributed by atoms with Gasteiger partial charge < -0.3 is 4.74 Å². The molecule has 26 heavy (non-hydrogen) atoms. The van der Waals surface area contributed by atoms with E-state index < -0.39 is 0 Å². The molecule has 1 aliphatic rings. The second-order valence-electron chi connectivity index (χ2n) is 6.58. The molecule has 0 N–H and O–H groups in total. The highest BCUT2D eigenvalue weighted by molar-refractivity contribution is 6.15. The third-order valence-electron chi connectivity index (χ3n) is 4.40. The minimum absolute atomic E-state index is 0.125. The molecule has 0 aliphatic carbocycles. The van der Waals surface area contributed by atoms with E-state index in [9.17, 15) is 14.4 Å². The molecule has 140 valence electrons. The molecule has 0 spiro atoms. The van der Waals surface area contributed by atoms with Crippen LogP contribution in [0.5, 0.6) is 0 Å². The first-order chi connectivity index (χ1) is 12.5. The zero-order valence-electron chi connectivity index (χ0n) is 15.6. The molecular weight excluding hydrogens is 330 g/mol. The molecule has 1 saturated heterocycles. The van der Waals surface area contributed by atoms with Crippen molar-refractivity contribution in [3.8, 4) is 0 Å². The van der Waals surface area contributed by atoms with Crippen LogP contribution in [0, 0.1) is 6.92 Å². The smallest absolute Gasteiger partial charge is 0.305 e. The molecule has 0 unspecified atom stereocenters. The normalized spacial score (nSPS) is 15.8. The van der Waals surface area contributed by atoms with Crippen LogP contribution >= 0.6 is 0 Å². The molecule has 1 aromatic carbocycles. The quantitative estimate of drug-likeness (QED) is 0.293. The summed E-state index contributed by atoms with van der Waals surface area (Å²) in [6.45, 7) is 4.66. The summed E-state index contributed by atoms with van der Waals surface area (Å²) in [5.74, 6) is -0.467. The number of nitrogens with zero attached hydrogens (tertiary/aromatic N) is 1. The van der Waals surface area contributed by atoms with Crippen LogP contribution in [0.15, 0.2) is 29.8 Å². The van der Waals surface area contributed by atoms with Crippen LogP contribution < -0.4 is 0 Å². The van der Waals surface area contributed by atoms with Crippen molar-refractivity contribution < 1.29 is 19.1 Å². The fourth-order valence-corrected chi connectivity index (χ4v) is 2.95. The van der Waals surface area contributed by atoms with Crippen molar-refractivity contribution in [2.75, 3.05) is 13.2 Å². The van der Waals surface area contributed by atoms with Crippen LogP contribution in [0.25, 0.3) is 6.08 Å². The third-order valence-corrected chi connectivity index (χ3v) is 4.40. The van der Waals surface area contributed by atoms with Gasteiger partial charge in [0.15, 0.2) is 0 Å². The van der Waals surface area contributed by atoms with Crippen molar-refractivity contribution >= 4 is 23.9 Å². The Morgan fingerprint density at radius 1 is 1.12 bits per heavy atom. The Hall–Kier alpha value is -2.43. The summed E-state index contributed by atoms with van der Waals surface area (Å²) in [7, 11) is 0. The van der Waals surface area contributed by atoms with E-state index in [4.69, 9.17) is 4.74 Å². The van der Waals surface area contributed by atoms with Gasteiger partial charge in [-0.15, -0.1) is 0 Å². The fourth-order valence-electron chi connectivity index (χ4n) is 2.95. The summed E-state index contributed by atoms with van der Waals surface area (Å²) in [6, 6.07) is 7.88. The molecular formula is C21H27NO4. The molecule has 0 bridgehead atoms. The van der Waals surface area contributed by atoms with Gasteiger partial charge in [-0.25, -0.2) is 0 Å². The van der Waals surface area contributed by atoms with Gasteiger partial charge in [0.2, 0.25) is 5.91 Å². The van der Waals surface area contributed by atoms with Gasteiger partial charge in [-0.05, 0) is 38.3 Å². The maximum absolute atomic E-state index is 12.4. The van der Waals surface area contributed by atoms with Crippen molar-refractivity contribution in [2.24, 2.45) is 0 Å². The summed E-state index contributed by atoms with van der Waals surface area (Å²) < 4.78 is 4.88. The lowest BCUT2D eigenvalue weighted by Gasteiger charge is -2.13. The number of carbonyl (C=O) groups excluding carboxylic acids is 3. The van der Waals surface area contributed by atoms with E-state index in [1.807, 2.05) is 31.2 Å².